The van der Waals surface area contributed by atoms with Gasteiger partial charge in [0.05, 0.1) is 5.69 Å². The zero-order valence-corrected chi connectivity index (χ0v) is 9.47. The first-order chi connectivity index (χ1) is 7.13. The summed E-state index contributed by atoms with van der Waals surface area (Å²) in [5.74, 6) is 1.74. The van der Waals surface area contributed by atoms with Crippen LogP contribution in [0, 0.1) is 18.2 Å². The number of rotatable bonds is 3. The molecule has 0 bridgehead atoms. The lowest BCUT2D eigenvalue weighted by molar-refractivity contribution is -0.116. The normalized spacial score (nSPS) is 9.40. The molecule has 0 fully saturated rings. The fourth-order valence-corrected chi connectivity index (χ4v) is 1.34. The number of carbonyl (C=O) groups is 1. The van der Waals surface area contributed by atoms with Crippen molar-refractivity contribution in [2.24, 2.45) is 0 Å². The monoisotopic (exact) mass is 269 g/mol. The summed E-state index contributed by atoms with van der Waals surface area (Å²) in [7, 11) is 0. The van der Waals surface area contributed by atoms with Gasteiger partial charge in [0, 0.05) is 17.3 Å². The molecule has 1 N–H and O–H groups in total. The molecule has 15 heavy (non-hydrogen) atoms. The van der Waals surface area contributed by atoms with Gasteiger partial charge in [0.2, 0.25) is 5.91 Å². The Morgan fingerprint density at radius 3 is 3.00 bits per heavy atom. The molecule has 0 atom stereocenters. The van der Waals surface area contributed by atoms with Gasteiger partial charge in [-0.05, 0) is 34.1 Å². The minimum Gasteiger partial charge on any atom is -0.325 e. The fourth-order valence-electron chi connectivity index (χ4n) is 0.992. The molecule has 2 nitrogen and oxygen atoms in total. The summed E-state index contributed by atoms with van der Waals surface area (Å²) < 4.78 is 13.5. The van der Waals surface area contributed by atoms with Gasteiger partial charge in [-0.3, -0.25) is 4.79 Å². The molecule has 0 saturated carbocycles. The molecule has 0 heterocycles. The average Bonchev–Trinajstić information content (AvgIpc) is 2.20. The van der Waals surface area contributed by atoms with Crippen molar-refractivity contribution in [3.8, 4) is 12.3 Å². The van der Waals surface area contributed by atoms with E-state index in [2.05, 4.69) is 27.2 Å². The van der Waals surface area contributed by atoms with E-state index in [4.69, 9.17) is 6.42 Å². The first-order valence-corrected chi connectivity index (χ1v) is 5.11. The van der Waals surface area contributed by atoms with Gasteiger partial charge >= 0.3 is 0 Å². The number of amides is 1. The van der Waals surface area contributed by atoms with Crippen molar-refractivity contribution >= 4 is 27.5 Å². The molecule has 0 aromatic heterocycles. The van der Waals surface area contributed by atoms with E-state index in [1.165, 1.54) is 18.2 Å². The Bertz CT molecular complexity index is 412. The van der Waals surface area contributed by atoms with Crippen LogP contribution >= 0.6 is 15.9 Å². The molecule has 0 spiro atoms. The van der Waals surface area contributed by atoms with Crippen molar-refractivity contribution in [3.63, 3.8) is 0 Å². The van der Waals surface area contributed by atoms with Crippen molar-refractivity contribution < 1.29 is 9.18 Å². The highest BCUT2D eigenvalue weighted by atomic mass is 79.9. The van der Waals surface area contributed by atoms with Crippen LogP contribution in [-0.2, 0) is 4.79 Å². The van der Waals surface area contributed by atoms with Crippen molar-refractivity contribution in [2.75, 3.05) is 5.32 Å². The summed E-state index contributed by atoms with van der Waals surface area (Å²) in [4.78, 5) is 11.3. The van der Waals surface area contributed by atoms with Gasteiger partial charge in [0.1, 0.15) is 5.82 Å². The Hall–Kier alpha value is -1.34. The number of halogens is 2. The van der Waals surface area contributed by atoms with Crippen molar-refractivity contribution in [1.82, 2.24) is 0 Å². The fraction of sp³-hybridized carbons (Fsp3) is 0.182. The van der Waals surface area contributed by atoms with Crippen LogP contribution in [0.2, 0.25) is 0 Å². The number of anilines is 1. The Kier molecular flexibility index (Phi) is 4.32. The van der Waals surface area contributed by atoms with Gasteiger partial charge in [0.15, 0.2) is 0 Å². The maximum absolute atomic E-state index is 12.8. The summed E-state index contributed by atoms with van der Waals surface area (Å²) in [5.41, 5.74) is 0.414. The third-order valence-electron chi connectivity index (χ3n) is 1.70. The molecule has 0 saturated heterocycles. The molecular weight excluding hydrogens is 261 g/mol. The van der Waals surface area contributed by atoms with E-state index in [-0.39, 0.29) is 12.3 Å². The van der Waals surface area contributed by atoms with E-state index >= 15 is 0 Å². The summed E-state index contributed by atoms with van der Waals surface area (Å²) in [6.45, 7) is 0. The molecule has 4 heteroatoms. The Morgan fingerprint density at radius 2 is 2.33 bits per heavy atom. The second-order valence-corrected chi connectivity index (χ2v) is 3.73. The highest BCUT2D eigenvalue weighted by molar-refractivity contribution is 9.10. The van der Waals surface area contributed by atoms with Gasteiger partial charge in [-0.25, -0.2) is 4.39 Å². The molecule has 0 aliphatic rings. The van der Waals surface area contributed by atoms with Gasteiger partial charge in [0.25, 0.3) is 0 Å². The molecule has 0 aliphatic carbocycles. The molecule has 0 aliphatic heterocycles. The largest absolute Gasteiger partial charge is 0.325 e. The minimum atomic E-state index is -0.398. The molecular formula is C11H9BrFNO. The zero-order chi connectivity index (χ0) is 11.3. The first-order valence-electron chi connectivity index (χ1n) is 4.32. The lowest BCUT2D eigenvalue weighted by atomic mass is 10.2. The van der Waals surface area contributed by atoms with Crippen molar-refractivity contribution in [2.45, 2.75) is 12.8 Å². The quantitative estimate of drug-likeness (QED) is 0.840. The van der Waals surface area contributed by atoms with Crippen LogP contribution in [0.15, 0.2) is 22.7 Å². The number of carbonyl (C=O) groups excluding carboxylic acids is 1. The second kappa shape index (κ2) is 5.52. The van der Waals surface area contributed by atoms with Crippen LogP contribution < -0.4 is 5.32 Å². The van der Waals surface area contributed by atoms with E-state index in [9.17, 15) is 9.18 Å². The summed E-state index contributed by atoms with van der Waals surface area (Å²) in [5, 5.41) is 2.56. The van der Waals surface area contributed by atoms with Gasteiger partial charge in [-0.15, -0.1) is 12.3 Å². The third-order valence-corrected chi connectivity index (χ3v) is 2.39. The zero-order valence-electron chi connectivity index (χ0n) is 7.89. The van der Waals surface area contributed by atoms with Gasteiger partial charge in [-0.1, -0.05) is 0 Å². The predicted molar refractivity (Wildman–Crippen MR) is 60.8 cm³/mol. The lowest BCUT2D eigenvalue weighted by Gasteiger charge is -2.06. The van der Waals surface area contributed by atoms with Crippen LogP contribution in [0.3, 0.4) is 0 Å². The summed E-state index contributed by atoms with van der Waals surface area (Å²) in [6.07, 6.45) is 5.63. The molecule has 0 radical (unpaired) electrons. The van der Waals surface area contributed by atoms with Crippen LogP contribution in [0.5, 0.6) is 0 Å². The Morgan fingerprint density at radius 1 is 1.60 bits per heavy atom. The van der Waals surface area contributed by atoms with Crippen LogP contribution in [0.1, 0.15) is 12.8 Å². The SMILES string of the molecule is C#CCCC(=O)Nc1cc(F)ccc1Br. The first kappa shape index (κ1) is 11.7. The molecule has 1 amide bonds. The number of terminal acetylenes is 1. The topological polar surface area (TPSA) is 29.1 Å². The number of hydrogen-bond donors (Lipinski definition) is 1. The Balaban J connectivity index is 2.68. The van der Waals surface area contributed by atoms with Crippen LogP contribution in [0.4, 0.5) is 10.1 Å². The predicted octanol–water partition coefficient (Wildman–Crippen LogP) is 2.94. The molecule has 78 valence electrons. The standard InChI is InChI=1S/C11H9BrFNO/c1-2-3-4-11(15)14-10-7-8(13)5-6-9(10)12/h1,5-7H,3-4H2,(H,14,15). The number of benzene rings is 1. The van der Waals surface area contributed by atoms with Crippen molar-refractivity contribution in [3.05, 3.63) is 28.5 Å². The molecule has 1 aromatic carbocycles. The van der Waals surface area contributed by atoms with E-state index in [1.807, 2.05) is 0 Å². The average molecular weight is 270 g/mol. The van der Waals surface area contributed by atoms with Crippen LogP contribution in [0.25, 0.3) is 0 Å². The molecule has 1 rings (SSSR count). The molecule has 0 unspecified atom stereocenters. The lowest BCUT2D eigenvalue weighted by Crippen LogP contribution is -2.11. The van der Waals surface area contributed by atoms with Gasteiger partial charge < -0.3 is 5.32 Å². The summed E-state index contributed by atoms with van der Waals surface area (Å²) >= 11 is 3.21. The van der Waals surface area contributed by atoms with E-state index in [0.717, 1.165) is 0 Å². The summed E-state index contributed by atoms with van der Waals surface area (Å²) in [6, 6.07) is 4.09. The number of hydrogen-bond acceptors (Lipinski definition) is 1. The minimum absolute atomic E-state index is 0.223. The highest BCUT2D eigenvalue weighted by Crippen LogP contribution is 2.23. The van der Waals surface area contributed by atoms with Gasteiger partial charge in [-0.2, -0.15) is 0 Å². The van der Waals surface area contributed by atoms with Crippen LogP contribution in [-0.4, -0.2) is 5.91 Å². The third kappa shape index (κ3) is 3.72. The maximum Gasteiger partial charge on any atom is 0.225 e. The Labute approximate surface area is 96.0 Å². The van der Waals surface area contributed by atoms with Crippen molar-refractivity contribution in [1.29, 1.82) is 0 Å². The highest BCUT2D eigenvalue weighted by Gasteiger charge is 2.05. The van der Waals surface area contributed by atoms with E-state index in [1.54, 1.807) is 0 Å². The van der Waals surface area contributed by atoms with E-state index in [0.29, 0.717) is 16.6 Å². The number of nitrogens with one attached hydrogen (secondary N) is 1. The molecule has 1 aromatic rings. The van der Waals surface area contributed by atoms with E-state index < -0.39 is 5.82 Å². The second-order valence-electron chi connectivity index (χ2n) is 2.88. The smallest absolute Gasteiger partial charge is 0.225 e. The maximum atomic E-state index is 12.8.